The Morgan fingerprint density at radius 2 is 2.06 bits per heavy atom. The lowest BCUT2D eigenvalue weighted by molar-refractivity contribution is 0.321. The van der Waals surface area contributed by atoms with Crippen LogP contribution in [0.15, 0.2) is 22.7 Å². The minimum absolute atomic E-state index is 0.560. The summed E-state index contributed by atoms with van der Waals surface area (Å²) in [6, 6.07) is 7.17. The first-order valence-electron chi connectivity index (χ1n) is 6.70. The molecule has 1 aliphatic rings. The third-order valence-corrected chi connectivity index (χ3v) is 5.18. The molecule has 2 unspecified atom stereocenters. The van der Waals surface area contributed by atoms with Crippen molar-refractivity contribution in [2.45, 2.75) is 44.5 Å². The van der Waals surface area contributed by atoms with Crippen LogP contribution in [0.3, 0.4) is 0 Å². The molecule has 1 aromatic rings. The smallest absolute Gasteiger partial charge is 0.0485 e. The summed E-state index contributed by atoms with van der Waals surface area (Å²) in [7, 11) is 2.22. The molecule has 18 heavy (non-hydrogen) atoms. The van der Waals surface area contributed by atoms with Gasteiger partial charge in [-0.05, 0) is 36.5 Å². The molecule has 2 atom stereocenters. The van der Waals surface area contributed by atoms with Gasteiger partial charge in [-0.3, -0.25) is 0 Å². The highest BCUT2D eigenvalue weighted by Crippen LogP contribution is 2.32. The maximum Gasteiger partial charge on any atom is 0.0485 e. The van der Waals surface area contributed by atoms with Gasteiger partial charge >= 0.3 is 0 Å². The second-order valence-corrected chi connectivity index (χ2v) is 6.47. The molecular formula is C15H21BrClN. The van der Waals surface area contributed by atoms with Crippen LogP contribution in [-0.2, 0) is 5.88 Å². The minimum atomic E-state index is 0.560. The fraction of sp³-hybridized carbons (Fsp3) is 0.600. The quantitative estimate of drug-likeness (QED) is 0.688. The van der Waals surface area contributed by atoms with Crippen molar-refractivity contribution in [1.29, 1.82) is 0 Å². The highest BCUT2D eigenvalue weighted by Gasteiger charge is 2.25. The Bertz CT molecular complexity index is 407. The molecule has 0 spiro atoms. The maximum absolute atomic E-state index is 5.89. The van der Waals surface area contributed by atoms with Crippen molar-refractivity contribution < 1.29 is 0 Å². The Morgan fingerprint density at radius 3 is 2.67 bits per heavy atom. The van der Waals surface area contributed by atoms with Crippen molar-refractivity contribution in [2.75, 3.05) is 11.9 Å². The average molecular weight is 331 g/mol. The molecule has 0 radical (unpaired) electrons. The molecule has 1 aromatic carbocycles. The molecule has 0 saturated heterocycles. The lowest BCUT2D eigenvalue weighted by atomic mass is 9.85. The first kappa shape index (κ1) is 14.2. The molecular weight excluding hydrogens is 310 g/mol. The maximum atomic E-state index is 5.89. The van der Waals surface area contributed by atoms with Crippen molar-refractivity contribution in [1.82, 2.24) is 0 Å². The standard InChI is InChI=1S/C15H21BrClN/c1-11-5-3-4-6-15(11)18(2)13-8-7-12(10-17)14(16)9-13/h7-9,11,15H,3-6,10H2,1-2H3. The molecule has 1 nitrogen and oxygen atoms in total. The fourth-order valence-electron chi connectivity index (χ4n) is 2.93. The van der Waals surface area contributed by atoms with Crippen molar-refractivity contribution in [2.24, 2.45) is 5.92 Å². The number of alkyl halides is 1. The Hall–Kier alpha value is -0.210. The summed E-state index contributed by atoms with van der Waals surface area (Å²) in [4.78, 5) is 2.44. The molecule has 1 fully saturated rings. The summed E-state index contributed by atoms with van der Waals surface area (Å²) in [5.74, 6) is 1.35. The van der Waals surface area contributed by atoms with Gasteiger partial charge in [0.15, 0.2) is 0 Å². The largest absolute Gasteiger partial charge is 0.371 e. The molecule has 100 valence electrons. The van der Waals surface area contributed by atoms with Crippen molar-refractivity contribution in [3.63, 3.8) is 0 Å². The SMILES string of the molecule is CC1CCCCC1N(C)c1ccc(CCl)c(Br)c1. The van der Waals surface area contributed by atoms with E-state index < -0.39 is 0 Å². The summed E-state index contributed by atoms with van der Waals surface area (Å²) in [6.45, 7) is 2.38. The van der Waals surface area contributed by atoms with E-state index in [-0.39, 0.29) is 0 Å². The summed E-state index contributed by atoms with van der Waals surface area (Å²) >= 11 is 9.50. The Labute approximate surface area is 124 Å². The Kier molecular flexibility index (Phi) is 4.97. The van der Waals surface area contributed by atoms with E-state index in [9.17, 15) is 0 Å². The molecule has 0 heterocycles. The number of rotatable bonds is 3. The molecule has 0 aromatic heterocycles. The number of benzene rings is 1. The highest BCUT2D eigenvalue weighted by molar-refractivity contribution is 9.10. The van der Waals surface area contributed by atoms with Gasteiger partial charge in [0.25, 0.3) is 0 Å². The molecule has 0 aliphatic heterocycles. The third kappa shape index (κ3) is 3.03. The van der Waals surface area contributed by atoms with Crippen molar-refractivity contribution in [3.8, 4) is 0 Å². The zero-order valence-electron chi connectivity index (χ0n) is 11.1. The van der Waals surface area contributed by atoms with E-state index in [4.69, 9.17) is 11.6 Å². The first-order chi connectivity index (χ1) is 8.63. The van der Waals surface area contributed by atoms with E-state index >= 15 is 0 Å². The summed E-state index contributed by atoms with van der Waals surface area (Å²) in [5.41, 5.74) is 2.44. The molecule has 0 N–H and O–H groups in total. The zero-order valence-corrected chi connectivity index (χ0v) is 13.5. The van der Waals surface area contributed by atoms with Crippen molar-refractivity contribution >= 4 is 33.2 Å². The number of anilines is 1. The van der Waals surface area contributed by atoms with E-state index in [1.807, 2.05) is 0 Å². The van der Waals surface area contributed by atoms with Gasteiger partial charge in [0, 0.05) is 29.1 Å². The first-order valence-corrected chi connectivity index (χ1v) is 8.03. The molecule has 0 bridgehead atoms. The monoisotopic (exact) mass is 329 g/mol. The van der Waals surface area contributed by atoms with Crippen LogP contribution in [0.25, 0.3) is 0 Å². The van der Waals surface area contributed by atoms with E-state index in [1.165, 1.54) is 31.4 Å². The molecule has 0 amide bonds. The van der Waals surface area contributed by atoms with Crippen LogP contribution in [0.1, 0.15) is 38.2 Å². The van der Waals surface area contributed by atoms with E-state index in [0.717, 1.165) is 16.0 Å². The normalized spacial score (nSPS) is 24.0. The number of hydrogen-bond acceptors (Lipinski definition) is 1. The van der Waals surface area contributed by atoms with E-state index in [0.29, 0.717) is 11.9 Å². The average Bonchev–Trinajstić information content (AvgIpc) is 2.38. The lowest BCUT2D eigenvalue weighted by Gasteiger charge is -2.37. The third-order valence-electron chi connectivity index (χ3n) is 4.15. The summed E-state index contributed by atoms with van der Waals surface area (Å²) in [5, 5.41) is 0. The van der Waals surface area contributed by atoms with Crippen LogP contribution in [0.2, 0.25) is 0 Å². The second-order valence-electron chi connectivity index (χ2n) is 5.35. The van der Waals surface area contributed by atoms with E-state index in [2.05, 4.69) is 53.0 Å². The van der Waals surface area contributed by atoms with Crippen LogP contribution in [-0.4, -0.2) is 13.1 Å². The number of halogens is 2. The predicted octanol–water partition coefficient (Wildman–Crippen LogP) is 5.20. The van der Waals surface area contributed by atoms with Gasteiger partial charge in [0.2, 0.25) is 0 Å². The van der Waals surface area contributed by atoms with Crippen LogP contribution in [0, 0.1) is 5.92 Å². The fourth-order valence-corrected chi connectivity index (χ4v) is 3.83. The highest BCUT2D eigenvalue weighted by atomic mass is 79.9. The molecule has 2 rings (SSSR count). The predicted molar refractivity (Wildman–Crippen MR) is 83.5 cm³/mol. The molecule has 1 saturated carbocycles. The van der Waals surface area contributed by atoms with E-state index in [1.54, 1.807) is 0 Å². The minimum Gasteiger partial charge on any atom is -0.371 e. The Morgan fingerprint density at radius 1 is 1.33 bits per heavy atom. The lowest BCUT2D eigenvalue weighted by Crippen LogP contribution is -2.39. The number of nitrogens with zero attached hydrogens (tertiary/aromatic N) is 1. The van der Waals surface area contributed by atoms with Gasteiger partial charge in [-0.2, -0.15) is 0 Å². The Balaban J connectivity index is 2.17. The van der Waals surface area contributed by atoms with Gasteiger partial charge < -0.3 is 4.90 Å². The van der Waals surface area contributed by atoms with Crippen LogP contribution in [0.5, 0.6) is 0 Å². The topological polar surface area (TPSA) is 3.24 Å². The summed E-state index contributed by atoms with van der Waals surface area (Å²) in [6.07, 6.45) is 5.42. The van der Waals surface area contributed by atoms with Gasteiger partial charge in [-0.25, -0.2) is 0 Å². The summed E-state index contributed by atoms with van der Waals surface area (Å²) < 4.78 is 1.12. The van der Waals surface area contributed by atoms with Crippen LogP contribution in [0.4, 0.5) is 5.69 Å². The van der Waals surface area contributed by atoms with Gasteiger partial charge in [0.1, 0.15) is 0 Å². The zero-order chi connectivity index (χ0) is 13.1. The van der Waals surface area contributed by atoms with Gasteiger partial charge in [-0.15, -0.1) is 11.6 Å². The molecule has 1 aliphatic carbocycles. The second kappa shape index (κ2) is 6.29. The van der Waals surface area contributed by atoms with Crippen molar-refractivity contribution in [3.05, 3.63) is 28.2 Å². The van der Waals surface area contributed by atoms with Gasteiger partial charge in [-0.1, -0.05) is 41.8 Å². The van der Waals surface area contributed by atoms with Crippen LogP contribution < -0.4 is 4.90 Å². The van der Waals surface area contributed by atoms with Gasteiger partial charge in [0.05, 0.1) is 0 Å². The molecule has 3 heteroatoms. The number of hydrogen-bond donors (Lipinski definition) is 0. The van der Waals surface area contributed by atoms with Crippen LogP contribution >= 0.6 is 27.5 Å².